The maximum absolute atomic E-state index is 5.92. The van der Waals surface area contributed by atoms with Gasteiger partial charge in [0.05, 0.1) is 29.0 Å². The molecule has 31 heavy (non-hydrogen) atoms. The summed E-state index contributed by atoms with van der Waals surface area (Å²) in [5.74, 6) is 2.66. The van der Waals surface area contributed by atoms with Gasteiger partial charge in [0.15, 0.2) is 8.24 Å². The molecule has 2 heterocycles. The average molecular weight is 425 g/mol. The van der Waals surface area contributed by atoms with Crippen LogP contribution in [0.5, 0.6) is 0 Å². The third kappa shape index (κ3) is 2.85. The molecule has 156 valence electrons. The van der Waals surface area contributed by atoms with Crippen LogP contribution in [0, 0.1) is 11.8 Å². The van der Waals surface area contributed by atoms with Gasteiger partial charge in [-0.1, -0.05) is 61.7 Å². The van der Waals surface area contributed by atoms with Crippen molar-refractivity contribution in [3.8, 4) is 0 Å². The van der Waals surface area contributed by atoms with E-state index in [2.05, 4.69) is 102 Å². The molecule has 1 aromatic heterocycles. The fourth-order valence-electron chi connectivity index (χ4n) is 6.21. The first kappa shape index (κ1) is 18.8. The lowest BCUT2D eigenvalue weighted by Gasteiger charge is -2.48. The van der Waals surface area contributed by atoms with Crippen LogP contribution in [-0.2, 0) is 0 Å². The first-order valence-corrected chi connectivity index (χ1v) is 14.3. The quantitative estimate of drug-likeness (QED) is 0.439. The first-order chi connectivity index (χ1) is 15.1. The molecular formula is C27H28N2OSi. The van der Waals surface area contributed by atoms with E-state index in [1.54, 1.807) is 0 Å². The predicted octanol–water partition coefficient (Wildman–Crippen LogP) is 7.60. The fraction of sp³-hybridized carbons (Fsp3) is 0.259. The Morgan fingerprint density at radius 3 is 2.13 bits per heavy atom. The molecule has 0 bridgehead atoms. The van der Waals surface area contributed by atoms with Crippen molar-refractivity contribution < 1.29 is 4.42 Å². The monoisotopic (exact) mass is 424 g/mol. The Morgan fingerprint density at radius 2 is 1.48 bits per heavy atom. The molecular weight excluding hydrogens is 396 g/mol. The van der Waals surface area contributed by atoms with Crippen molar-refractivity contribution in [2.75, 3.05) is 9.88 Å². The molecule has 6 rings (SSSR count). The molecule has 0 spiro atoms. The lowest BCUT2D eigenvalue weighted by molar-refractivity contribution is 0.414. The molecule has 2 aliphatic carbocycles. The van der Waals surface area contributed by atoms with Crippen molar-refractivity contribution >= 4 is 31.0 Å². The maximum atomic E-state index is 5.92. The lowest BCUT2D eigenvalue weighted by atomic mass is 9.85. The van der Waals surface area contributed by atoms with E-state index in [0.717, 1.165) is 5.76 Å². The van der Waals surface area contributed by atoms with Gasteiger partial charge in [0.2, 0.25) is 0 Å². The number of fused-ring (bicyclic) bond motifs is 3. The largest absolute Gasteiger partial charge is 0.469 e. The number of allylic oxidation sites excluding steroid dienone is 4. The summed E-state index contributed by atoms with van der Waals surface area (Å²) in [4.78, 5) is 0. The molecule has 2 aromatic carbocycles. The van der Waals surface area contributed by atoms with Crippen molar-refractivity contribution in [3.05, 3.63) is 97.0 Å². The van der Waals surface area contributed by atoms with Crippen molar-refractivity contribution in [2.45, 2.75) is 31.0 Å². The van der Waals surface area contributed by atoms with E-state index in [4.69, 9.17) is 4.42 Å². The van der Waals surface area contributed by atoms with Gasteiger partial charge >= 0.3 is 0 Å². The molecule has 0 radical (unpaired) electrons. The molecule has 3 aromatic rings. The highest BCUT2D eigenvalue weighted by Crippen LogP contribution is 2.59. The smallest absolute Gasteiger partial charge is 0.160 e. The van der Waals surface area contributed by atoms with Gasteiger partial charge in [0.1, 0.15) is 5.76 Å². The van der Waals surface area contributed by atoms with Gasteiger partial charge in [-0.3, -0.25) is 0 Å². The van der Waals surface area contributed by atoms with Crippen LogP contribution in [0.2, 0.25) is 18.6 Å². The third-order valence-corrected chi connectivity index (χ3v) is 11.7. The Morgan fingerprint density at radius 1 is 0.839 bits per heavy atom. The second-order valence-electron chi connectivity index (χ2n) is 9.54. The van der Waals surface area contributed by atoms with Crippen LogP contribution in [0.15, 0.2) is 95.6 Å². The minimum absolute atomic E-state index is 0.450. The number of hydrogen-bond donors (Lipinski definition) is 1. The van der Waals surface area contributed by atoms with Crippen LogP contribution in [0.1, 0.15) is 18.1 Å². The zero-order chi connectivity index (χ0) is 21.0. The average Bonchev–Trinajstić information content (AvgIpc) is 3.45. The summed E-state index contributed by atoms with van der Waals surface area (Å²) in [7, 11) is -1.97. The topological polar surface area (TPSA) is 28.4 Å². The molecule has 3 aliphatic rings. The molecule has 0 amide bonds. The number of anilines is 4. The lowest BCUT2D eigenvalue weighted by Crippen LogP contribution is -2.52. The van der Waals surface area contributed by atoms with E-state index in [-0.39, 0.29) is 0 Å². The van der Waals surface area contributed by atoms with Gasteiger partial charge in [-0.2, -0.15) is 0 Å². The minimum atomic E-state index is -1.97. The van der Waals surface area contributed by atoms with E-state index in [1.165, 1.54) is 29.2 Å². The van der Waals surface area contributed by atoms with Gasteiger partial charge in [-0.05, 0) is 60.2 Å². The summed E-state index contributed by atoms with van der Waals surface area (Å²) in [6.45, 7) is 5.12. The first-order valence-electron chi connectivity index (χ1n) is 11.3. The summed E-state index contributed by atoms with van der Waals surface area (Å²) in [5.41, 5.74) is 5.65. The van der Waals surface area contributed by atoms with E-state index in [9.17, 15) is 0 Å². The van der Waals surface area contributed by atoms with Crippen LogP contribution in [0.4, 0.5) is 22.7 Å². The number of hydrogen-bond acceptors (Lipinski definition) is 3. The number of rotatable bonds is 3. The number of para-hydroxylation sites is 4. The number of nitrogens with one attached hydrogen (secondary N) is 1. The van der Waals surface area contributed by atoms with E-state index in [0.29, 0.717) is 23.3 Å². The molecule has 1 fully saturated rings. The van der Waals surface area contributed by atoms with Crippen molar-refractivity contribution in [3.63, 3.8) is 0 Å². The normalized spacial score (nSPS) is 26.2. The Kier molecular flexibility index (Phi) is 4.25. The van der Waals surface area contributed by atoms with Gasteiger partial charge in [0, 0.05) is 5.92 Å². The van der Waals surface area contributed by atoms with Crippen LogP contribution in [0.3, 0.4) is 0 Å². The van der Waals surface area contributed by atoms with Gasteiger partial charge < -0.3 is 14.3 Å². The zero-order valence-electron chi connectivity index (χ0n) is 18.0. The van der Waals surface area contributed by atoms with Gasteiger partial charge in [-0.15, -0.1) is 0 Å². The number of benzene rings is 2. The molecule has 4 atom stereocenters. The standard InChI is InChI=1S/C27H28N2OSi/c1-31(2,27-18-21(26-16-9-17-30-26)19-10-3-4-11-20(19)27)29-24-14-7-5-12-22(24)28-23-13-6-8-15-25(23)29/h3-17,19-21,27-28H,18H2,1-2H3/t19-,20+,21+,27?/m1/s1. The molecule has 1 unspecified atom stereocenters. The number of furan rings is 1. The summed E-state index contributed by atoms with van der Waals surface area (Å²) >= 11 is 0. The van der Waals surface area contributed by atoms with Crippen LogP contribution in [0.25, 0.3) is 0 Å². The summed E-state index contributed by atoms with van der Waals surface area (Å²) < 4.78 is 8.63. The third-order valence-electron chi connectivity index (χ3n) is 7.61. The Hall–Kier alpha value is -2.98. The number of nitrogens with zero attached hydrogens (tertiary/aromatic N) is 1. The van der Waals surface area contributed by atoms with Crippen molar-refractivity contribution in [2.24, 2.45) is 11.8 Å². The fourth-order valence-corrected chi connectivity index (χ4v) is 10.3. The summed E-state index contributed by atoms with van der Waals surface area (Å²) in [6.07, 6.45) is 12.4. The van der Waals surface area contributed by atoms with Crippen LogP contribution >= 0.6 is 0 Å². The Balaban J connectivity index is 1.46. The van der Waals surface area contributed by atoms with E-state index in [1.807, 2.05) is 12.3 Å². The van der Waals surface area contributed by atoms with Crippen LogP contribution < -0.4 is 9.88 Å². The Bertz CT molecular complexity index is 1120. The highest BCUT2D eigenvalue weighted by atomic mass is 28.3. The van der Waals surface area contributed by atoms with E-state index >= 15 is 0 Å². The highest BCUT2D eigenvalue weighted by Gasteiger charge is 2.53. The second kappa shape index (κ2) is 7.03. The van der Waals surface area contributed by atoms with Crippen LogP contribution in [-0.4, -0.2) is 8.24 Å². The predicted molar refractivity (Wildman–Crippen MR) is 131 cm³/mol. The van der Waals surface area contributed by atoms with Gasteiger partial charge in [0.25, 0.3) is 0 Å². The minimum Gasteiger partial charge on any atom is -0.469 e. The van der Waals surface area contributed by atoms with E-state index < -0.39 is 8.24 Å². The van der Waals surface area contributed by atoms with Crippen molar-refractivity contribution in [1.29, 1.82) is 0 Å². The molecule has 4 heteroatoms. The molecule has 0 saturated heterocycles. The second-order valence-corrected chi connectivity index (χ2v) is 14.0. The summed E-state index contributed by atoms with van der Waals surface area (Å²) in [5, 5.41) is 3.66. The maximum Gasteiger partial charge on any atom is 0.160 e. The Labute approximate surface area is 185 Å². The zero-order valence-corrected chi connectivity index (χ0v) is 19.0. The molecule has 1 saturated carbocycles. The van der Waals surface area contributed by atoms with Gasteiger partial charge in [-0.25, -0.2) is 0 Å². The molecule has 1 N–H and O–H groups in total. The SMILES string of the molecule is C[Si](C)(C1C[C@H](c2ccco2)[C@@H]2C=CC=C[C@H]12)N1c2ccccc2Nc2ccccc21. The molecule has 1 aliphatic heterocycles. The molecule has 3 nitrogen and oxygen atoms in total. The highest BCUT2D eigenvalue weighted by molar-refractivity contribution is 6.84. The van der Waals surface area contributed by atoms with Crippen molar-refractivity contribution in [1.82, 2.24) is 0 Å². The summed E-state index contributed by atoms with van der Waals surface area (Å²) in [6, 6.07) is 21.7.